The van der Waals surface area contributed by atoms with Gasteiger partial charge in [0, 0.05) is 20.1 Å². The van der Waals surface area contributed by atoms with Crippen molar-refractivity contribution in [3.05, 3.63) is 24.3 Å². The van der Waals surface area contributed by atoms with Gasteiger partial charge in [-0.3, -0.25) is 4.79 Å². The SMILES string of the molecule is CNCCN(C)C(=O)CCOc1ccc(OC)cc1. The highest BCUT2D eigenvalue weighted by Crippen LogP contribution is 2.17. The first-order chi connectivity index (χ1) is 9.17. The summed E-state index contributed by atoms with van der Waals surface area (Å²) in [4.78, 5) is 13.4. The second kappa shape index (κ2) is 8.37. The Kier molecular flexibility index (Phi) is 6.74. The fraction of sp³-hybridized carbons (Fsp3) is 0.500. The molecule has 0 bridgehead atoms. The molecule has 0 radical (unpaired) electrons. The first kappa shape index (κ1) is 15.3. The monoisotopic (exact) mass is 266 g/mol. The molecule has 0 atom stereocenters. The number of ether oxygens (including phenoxy) is 2. The molecule has 0 aliphatic rings. The third-order valence-electron chi connectivity index (χ3n) is 2.77. The Hall–Kier alpha value is -1.75. The molecule has 19 heavy (non-hydrogen) atoms. The minimum absolute atomic E-state index is 0.0868. The summed E-state index contributed by atoms with van der Waals surface area (Å²) in [5.41, 5.74) is 0. The Labute approximate surface area is 114 Å². The van der Waals surface area contributed by atoms with Gasteiger partial charge in [0.2, 0.25) is 5.91 Å². The van der Waals surface area contributed by atoms with Gasteiger partial charge in [0.1, 0.15) is 11.5 Å². The number of methoxy groups -OCH3 is 1. The summed E-state index contributed by atoms with van der Waals surface area (Å²) in [7, 11) is 5.29. The second-order valence-electron chi connectivity index (χ2n) is 4.19. The molecule has 5 nitrogen and oxygen atoms in total. The molecular weight excluding hydrogens is 244 g/mol. The van der Waals surface area contributed by atoms with E-state index in [9.17, 15) is 4.79 Å². The average molecular weight is 266 g/mol. The van der Waals surface area contributed by atoms with Crippen LogP contribution in [0.25, 0.3) is 0 Å². The Morgan fingerprint density at radius 2 is 1.89 bits per heavy atom. The molecule has 0 heterocycles. The van der Waals surface area contributed by atoms with E-state index in [1.807, 2.05) is 31.3 Å². The van der Waals surface area contributed by atoms with Crippen molar-refractivity contribution in [1.82, 2.24) is 10.2 Å². The van der Waals surface area contributed by atoms with E-state index in [1.165, 1.54) is 0 Å². The van der Waals surface area contributed by atoms with E-state index in [0.717, 1.165) is 18.0 Å². The van der Waals surface area contributed by atoms with Crippen LogP contribution in [-0.2, 0) is 4.79 Å². The highest BCUT2D eigenvalue weighted by molar-refractivity contribution is 5.75. The van der Waals surface area contributed by atoms with E-state index < -0.39 is 0 Å². The van der Waals surface area contributed by atoms with Gasteiger partial charge in [-0.25, -0.2) is 0 Å². The molecule has 0 aliphatic heterocycles. The molecule has 0 saturated carbocycles. The van der Waals surface area contributed by atoms with Gasteiger partial charge in [-0.2, -0.15) is 0 Å². The summed E-state index contributed by atoms with van der Waals surface area (Å²) in [6, 6.07) is 7.31. The lowest BCUT2D eigenvalue weighted by atomic mass is 10.3. The first-order valence-electron chi connectivity index (χ1n) is 6.32. The van der Waals surface area contributed by atoms with E-state index in [-0.39, 0.29) is 5.91 Å². The Morgan fingerprint density at radius 3 is 2.47 bits per heavy atom. The molecule has 5 heteroatoms. The predicted molar refractivity (Wildman–Crippen MR) is 74.7 cm³/mol. The number of hydrogen-bond acceptors (Lipinski definition) is 4. The van der Waals surface area contributed by atoms with Crippen molar-refractivity contribution in [2.24, 2.45) is 0 Å². The van der Waals surface area contributed by atoms with Crippen molar-refractivity contribution in [1.29, 1.82) is 0 Å². The normalized spacial score (nSPS) is 10.1. The number of hydrogen-bond donors (Lipinski definition) is 1. The van der Waals surface area contributed by atoms with Gasteiger partial charge in [-0.15, -0.1) is 0 Å². The zero-order valence-corrected chi connectivity index (χ0v) is 11.8. The third kappa shape index (κ3) is 5.61. The maximum absolute atomic E-state index is 11.7. The van der Waals surface area contributed by atoms with Crippen LogP contribution in [-0.4, -0.2) is 51.7 Å². The maximum Gasteiger partial charge on any atom is 0.225 e. The number of amides is 1. The largest absolute Gasteiger partial charge is 0.497 e. The fourth-order valence-electron chi connectivity index (χ4n) is 1.52. The van der Waals surface area contributed by atoms with Gasteiger partial charge in [-0.05, 0) is 31.3 Å². The standard InChI is InChI=1S/C14H22N2O3/c1-15-9-10-16(2)14(17)8-11-19-13-6-4-12(18-3)5-7-13/h4-7,15H,8-11H2,1-3H3. The predicted octanol–water partition coefficient (Wildman–Crippen LogP) is 1.14. The molecule has 1 rings (SSSR count). The number of rotatable bonds is 8. The van der Waals surface area contributed by atoms with Crippen molar-refractivity contribution in [2.45, 2.75) is 6.42 Å². The maximum atomic E-state index is 11.7. The molecule has 1 N–H and O–H groups in total. The van der Waals surface area contributed by atoms with Crippen LogP contribution < -0.4 is 14.8 Å². The first-order valence-corrected chi connectivity index (χ1v) is 6.32. The molecule has 0 spiro atoms. The Morgan fingerprint density at radius 1 is 1.26 bits per heavy atom. The summed E-state index contributed by atoms with van der Waals surface area (Å²) >= 11 is 0. The van der Waals surface area contributed by atoms with E-state index in [4.69, 9.17) is 9.47 Å². The Bertz CT molecular complexity index is 379. The molecule has 0 aromatic heterocycles. The third-order valence-corrected chi connectivity index (χ3v) is 2.77. The summed E-state index contributed by atoms with van der Waals surface area (Å²) < 4.78 is 10.6. The second-order valence-corrected chi connectivity index (χ2v) is 4.19. The molecule has 0 saturated heterocycles. The topological polar surface area (TPSA) is 50.8 Å². The van der Waals surface area contributed by atoms with Crippen LogP contribution in [0.1, 0.15) is 6.42 Å². The number of benzene rings is 1. The van der Waals surface area contributed by atoms with Gasteiger partial charge in [0.05, 0.1) is 20.1 Å². The lowest BCUT2D eigenvalue weighted by Gasteiger charge is -2.17. The van der Waals surface area contributed by atoms with E-state index >= 15 is 0 Å². The Balaban J connectivity index is 2.27. The van der Waals surface area contributed by atoms with Crippen LogP contribution in [0.3, 0.4) is 0 Å². The van der Waals surface area contributed by atoms with E-state index in [1.54, 1.807) is 19.1 Å². The fourth-order valence-corrected chi connectivity index (χ4v) is 1.52. The lowest BCUT2D eigenvalue weighted by Crippen LogP contribution is -2.33. The van der Waals surface area contributed by atoms with Crippen LogP contribution in [0.15, 0.2) is 24.3 Å². The molecule has 1 amide bonds. The van der Waals surface area contributed by atoms with Crippen molar-refractivity contribution in [3.63, 3.8) is 0 Å². The molecule has 1 aromatic carbocycles. The molecular formula is C14H22N2O3. The van der Waals surface area contributed by atoms with Gasteiger partial charge in [0.15, 0.2) is 0 Å². The number of nitrogens with one attached hydrogen (secondary N) is 1. The molecule has 0 unspecified atom stereocenters. The number of nitrogens with zero attached hydrogens (tertiary/aromatic N) is 1. The van der Waals surface area contributed by atoms with Crippen LogP contribution in [0.2, 0.25) is 0 Å². The smallest absolute Gasteiger partial charge is 0.225 e. The summed E-state index contributed by atoms with van der Waals surface area (Å²) in [5.74, 6) is 1.62. The summed E-state index contributed by atoms with van der Waals surface area (Å²) in [6.07, 6.45) is 0.381. The van der Waals surface area contributed by atoms with Crippen LogP contribution in [0.5, 0.6) is 11.5 Å². The summed E-state index contributed by atoms with van der Waals surface area (Å²) in [6.45, 7) is 1.88. The number of carbonyl (C=O) groups is 1. The van der Waals surface area contributed by atoms with Crippen molar-refractivity contribution in [3.8, 4) is 11.5 Å². The zero-order valence-electron chi connectivity index (χ0n) is 11.8. The number of likely N-dealkylation sites (N-methyl/N-ethyl adjacent to an activating group) is 2. The van der Waals surface area contributed by atoms with Crippen molar-refractivity contribution < 1.29 is 14.3 Å². The molecule has 0 fully saturated rings. The van der Waals surface area contributed by atoms with E-state index in [0.29, 0.717) is 19.6 Å². The average Bonchev–Trinajstić information content (AvgIpc) is 2.45. The highest BCUT2D eigenvalue weighted by Gasteiger charge is 2.07. The van der Waals surface area contributed by atoms with Gasteiger partial charge >= 0.3 is 0 Å². The van der Waals surface area contributed by atoms with Crippen molar-refractivity contribution in [2.75, 3.05) is 40.9 Å². The number of carbonyl (C=O) groups excluding carboxylic acids is 1. The zero-order chi connectivity index (χ0) is 14.1. The van der Waals surface area contributed by atoms with E-state index in [2.05, 4.69) is 5.32 Å². The van der Waals surface area contributed by atoms with Crippen molar-refractivity contribution >= 4 is 5.91 Å². The van der Waals surface area contributed by atoms with Crippen LogP contribution >= 0.6 is 0 Å². The van der Waals surface area contributed by atoms with Gasteiger partial charge < -0.3 is 19.7 Å². The lowest BCUT2D eigenvalue weighted by molar-refractivity contribution is -0.130. The van der Waals surface area contributed by atoms with Gasteiger partial charge in [0.25, 0.3) is 0 Å². The molecule has 0 aliphatic carbocycles. The minimum Gasteiger partial charge on any atom is -0.497 e. The van der Waals surface area contributed by atoms with Crippen LogP contribution in [0.4, 0.5) is 0 Å². The molecule has 1 aromatic rings. The minimum atomic E-state index is 0.0868. The summed E-state index contributed by atoms with van der Waals surface area (Å²) in [5, 5.41) is 3.01. The van der Waals surface area contributed by atoms with Gasteiger partial charge in [-0.1, -0.05) is 0 Å². The quantitative estimate of drug-likeness (QED) is 0.766. The highest BCUT2D eigenvalue weighted by atomic mass is 16.5. The molecule has 106 valence electrons. The van der Waals surface area contributed by atoms with Crippen LogP contribution in [0, 0.1) is 0 Å².